The molecule has 0 aliphatic carbocycles. The van der Waals surface area contributed by atoms with E-state index in [0.29, 0.717) is 46.9 Å². The molecule has 6 nitrogen and oxygen atoms in total. The van der Waals surface area contributed by atoms with Crippen LogP contribution in [0, 0.1) is 4.77 Å². The zero-order chi connectivity index (χ0) is 18.4. The van der Waals surface area contributed by atoms with Crippen LogP contribution in [0.2, 0.25) is 0 Å². The van der Waals surface area contributed by atoms with Gasteiger partial charge in [-0.15, -0.1) is 0 Å². The van der Waals surface area contributed by atoms with Crippen LogP contribution >= 0.6 is 12.2 Å². The molecule has 0 saturated carbocycles. The normalized spacial score (nSPS) is 11.2. The van der Waals surface area contributed by atoms with Crippen LogP contribution in [0.3, 0.4) is 0 Å². The molecule has 1 aromatic carbocycles. The number of ether oxygens (including phenoxy) is 2. The van der Waals surface area contributed by atoms with Gasteiger partial charge in [0.25, 0.3) is 5.56 Å². The van der Waals surface area contributed by atoms with Crippen LogP contribution in [0.15, 0.2) is 16.9 Å². The Bertz CT molecular complexity index is 825. The molecule has 1 N–H and O–H groups in total. The van der Waals surface area contributed by atoms with Gasteiger partial charge < -0.3 is 19.4 Å². The summed E-state index contributed by atoms with van der Waals surface area (Å²) in [6, 6.07) is 3.53. The lowest BCUT2D eigenvalue weighted by Gasteiger charge is -2.19. The van der Waals surface area contributed by atoms with E-state index in [2.05, 4.69) is 23.7 Å². The predicted molar refractivity (Wildman–Crippen MR) is 104 cm³/mol. The molecule has 0 atom stereocenters. The predicted octanol–water partition coefficient (Wildman–Crippen LogP) is 3.20. The van der Waals surface area contributed by atoms with E-state index in [1.54, 1.807) is 16.7 Å². The fraction of sp³-hybridized carbons (Fsp3) is 0.556. The summed E-state index contributed by atoms with van der Waals surface area (Å²) in [6.45, 7) is 12.3. The Kier molecular flexibility index (Phi) is 7.01. The number of fused-ring (bicyclic) bond motifs is 1. The molecule has 1 heterocycles. The minimum atomic E-state index is -0.102. The average Bonchev–Trinajstić information content (AvgIpc) is 2.60. The summed E-state index contributed by atoms with van der Waals surface area (Å²) < 4.78 is 13.3. The molecule has 2 aromatic rings. The van der Waals surface area contributed by atoms with Crippen molar-refractivity contribution in [3.63, 3.8) is 0 Å². The first kappa shape index (κ1) is 19.5. The molecule has 25 heavy (non-hydrogen) atoms. The van der Waals surface area contributed by atoms with Crippen LogP contribution in [-0.2, 0) is 6.54 Å². The number of H-pyrrole nitrogens is 1. The van der Waals surface area contributed by atoms with Crippen LogP contribution in [-0.4, -0.2) is 47.3 Å². The van der Waals surface area contributed by atoms with E-state index in [1.165, 1.54) is 0 Å². The van der Waals surface area contributed by atoms with Crippen molar-refractivity contribution in [2.24, 2.45) is 0 Å². The first-order valence-corrected chi connectivity index (χ1v) is 9.25. The Hall–Kier alpha value is -1.86. The molecule has 0 aliphatic rings. The standard InChI is InChI=1S/C18H27N3O3S/c1-5-20(6-2)9-10-21-17(22)13-11-15(23-7-3)16(24-8-4)12-14(13)19-18(21)25/h11-12H,5-10H2,1-4H3,(H,19,25). The van der Waals surface area contributed by atoms with Crippen molar-refractivity contribution in [2.45, 2.75) is 34.2 Å². The number of aromatic nitrogens is 2. The van der Waals surface area contributed by atoms with E-state index in [9.17, 15) is 4.79 Å². The zero-order valence-corrected chi connectivity index (χ0v) is 16.2. The molecule has 0 spiro atoms. The summed E-state index contributed by atoms with van der Waals surface area (Å²) in [6.07, 6.45) is 0. The highest BCUT2D eigenvalue weighted by atomic mass is 32.1. The second kappa shape index (κ2) is 9.01. The van der Waals surface area contributed by atoms with Crippen molar-refractivity contribution in [3.8, 4) is 11.5 Å². The largest absolute Gasteiger partial charge is 0.490 e. The molecular formula is C18H27N3O3S. The molecule has 0 fully saturated rings. The highest BCUT2D eigenvalue weighted by Crippen LogP contribution is 2.30. The molecule has 1 aromatic heterocycles. The molecule has 0 amide bonds. The number of aromatic amines is 1. The molecule has 0 saturated heterocycles. The SMILES string of the molecule is CCOc1cc2[nH]c(=S)n(CCN(CC)CC)c(=O)c2cc1OCC. The summed E-state index contributed by atoms with van der Waals surface area (Å²) in [5, 5.41) is 0.556. The van der Waals surface area contributed by atoms with Crippen molar-refractivity contribution in [3.05, 3.63) is 27.3 Å². The number of nitrogens with zero attached hydrogens (tertiary/aromatic N) is 2. The van der Waals surface area contributed by atoms with Gasteiger partial charge in [-0.25, -0.2) is 0 Å². The third kappa shape index (κ3) is 4.41. The van der Waals surface area contributed by atoms with Crippen LogP contribution in [0.25, 0.3) is 10.9 Å². The zero-order valence-electron chi connectivity index (χ0n) is 15.4. The molecule has 0 unspecified atom stereocenters. The second-order valence-corrected chi connectivity index (χ2v) is 6.01. The van der Waals surface area contributed by atoms with Gasteiger partial charge in [-0.1, -0.05) is 13.8 Å². The van der Waals surface area contributed by atoms with Gasteiger partial charge in [-0.2, -0.15) is 0 Å². The van der Waals surface area contributed by atoms with Gasteiger partial charge in [-0.3, -0.25) is 9.36 Å². The smallest absolute Gasteiger partial charge is 0.262 e. The van der Waals surface area contributed by atoms with Gasteiger partial charge in [0.2, 0.25) is 0 Å². The number of nitrogens with one attached hydrogen (secondary N) is 1. The number of rotatable bonds is 9. The van der Waals surface area contributed by atoms with Crippen molar-refractivity contribution in [2.75, 3.05) is 32.8 Å². The Labute approximate surface area is 153 Å². The first-order valence-electron chi connectivity index (χ1n) is 8.84. The number of hydrogen-bond donors (Lipinski definition) is 1. The molecule has 2 rings (SSSR count). The van der Waals surface area contributed by atoms with E-state index in [4.69, 9.17) is 21.7 Å². The monoisotopic (exact) mass is 365 g/mol. The van der Waals surface area contributed by atoms with Crippen molar-refractivity contribution in [1.82, 2.24) is 14.5 Å². The van der Waals surface area contributed by atoms with Gasteiger partial charge in [0, 0.05) is 19.2 Å². The molecule has 7 heteroatoms. The Morgan fingerprint density at radius 1 is 1.08 bits per heavy atom. The lowest BCUT2D eigenvalue weighted by atomic mass is 10.2. The summed E-state index contributed by atoms with van der Waals surface area (Å²) >= 11 is 5.40. The minimum Gasteiger partial charge on any atom is -0.490 e. The van der Waals surface area contributed by atoms with Crippen LogP contribution in [0.1, 0.15) is 27.7 Å². The fourth-order valence-electron chi connectivity index (χ4n) is 2.78. The summed E-state index contributed by atoms with van der Waals surface area (Å²) in [5.74, 6) is 1.19. The molecule has 0 aliphatic heterocycles. The Morgan fingerprint density at radius 2 is 1.68 bits per heavy atom. The lowest BCUT2D eigenvalue weighted by molar-refractivity contribution is 0.287. The summed E-state index contributed by atoms with van der Waals surface area (Å²) in [5.41, 5.74) is 0.566. The maximum absolute atomic E-state index is 12.9. The van der Waals surface area contributed by atoms with E-state index in [0.717, 1.165) is 19.6 Å². The van der Waals surface area contributed by atoms with Gasteiger partial charge in [0.05, 0.1) is 24.1 Å². The first-order chi connectivity index (χ1) is 12.0. The lowest BCUT2D eigenvalue weighted by Crippen LogP contribution is -2.31. The fourth-order valence-corrected chi connectivity index (χ4v) is 3.07. The van der Waals surface area contributed by atoms with E-state index in [1.807, 2.05) is 13.8 Å². The number of hydrogen-bond acceptors (Lipinski definition) is 5. The summed E-state index contributed by atoms with van der Waals surface area (Å²) in [4.78, 5) is 18.3. The Balaban J connectivity index is 2.51. The highest BCUT2D eigenvalue weighted by molar-refractivity contribution is 7.71. The van der Waals surface area contributed by atoms with E-state index < -0.39 is 0 Å². The number of likely N-dealkylation sites (N-methyl/N-ethyl adjacent to an activating group) is 1. The quantitative estimate of drug-likeness (QED) is 0.692. The van der Waals surface area contributed by atoms with Crippen LogP contribution < -0.4 is 15.0 Å². The van der Waals surface area contributed by atoms with Gasteiger partial charge in [-0.05, 0) is 45.2 Å². The maximum Gasteiger partial charge on any atom is 0.262 e. The highest BCUT2D eigenvalue weighted by Gasteiger charge is 2.13. The number of benzene rings is 1. The van der Waals surface area contributed by atoms with Crippen LogP contribution in [0.5, 0.6) is 11.5 Å². The van der Waals surface area contributed by atoms with Crippen molar-refractivity contribution in [1.29, 1.82) is 0 Å². The summed E-state index contributed by atoms with van der Waals surface area (Å²) in [7, 11) is 0. The van der Waals surface area contributed by atoms with Crippen molar-refractivity contribution < 1.29 is 9.47 Å². The minimum absolute atomic E-state index is 0.102. The molecule has 0 radical (unpaired) electrons. The van der Waals surface area contributed by atoms with E-state index >= 15 is 0 Å². The molecule has 138 valence electrons. The topological polar surface area (TPSA) is 59.5 Å². The average molecular weight is 365 g/mol. The van der Waals surface area contributed by atoms with E-state index in [-0.39, 0.29) is 5.56 Å². The Morgan fingerprint density at radius 3 is 2.24 bits per heavy atom. The maximum atomic E-state index is 12.9. The molecule has 0 bridgehead atoms. The third-order valence-corrected chi connectivity index (χ3v) is 4.50. The van der Waals surface area contributed by atoms with Crippen LogP contribution in [0.4, 0.5) is 0 Å². The van der Waals surface area contributed by atoms with Gasteiger partial charge >= 0.3 is 0 Å². The third-order valence-electron chi connectivity index (χ3n) is 4.18. The molecular weight excluding hydrogens is 338 g/mol. The van der Waals surface area contributed by atoms with Gasteiger partial charge in [0.1, 0.15) is 0 Å². The van der Waals surface area contributed by atoms with Gasteiger partial charge in [0.15, 0.2) is 16.3 Å². The van der Waals surface area contributed by atoms with Crippen molar-refractivity contribution >= 4 is 23.1 Å². The second-order valence-electron chi connectivity index (χ2n) is 5.62.